The van der Waals surface area contributed by atoms with Gasteiger partial charge in [0.05, 0.1) is 39.1 Å². The third kappa shape index (κ3) is 6.96. The fraction of sp³-hybridized carbons (Fsp3) is 0.455. The van der Waals surface area contributed by atoms with Crippen LogP contribution in [-0.4, -0.2) is 42.2 Å². The SMILES string of the molecule is COc1ccc(COC[C@@H](C)[C@@H](O)[C@H](OCc2ccccc2)[C@@H](C)O)cc1. The number of rotatable bonds is 11. The highest BCUT2D eigenvalue weighted by molar-refractivity contribution is 5.26. The van der Waals surface area contributed by atoms with Crippen LogP contribution in [0.25, 0.3) is 0 Å². The molecule has 27 heavy (non-hydrogen) atoms. The third-order valence-electron chi connectivity index (χ3n) is 4.49. The Labute approximate surface area is 161 Å². The summed E-state index contributed by atoms with van der Waals surface area (Å²) in [7, 11) is 1.63. The highest BCUT2D eigenvalue weighted by Gasteiger charge is 2.29. The zero-order valence-electron chi connectivity index (χ0n) is 16.2. The van der Waals surface area contributed by atoms with Crippen LogP contribution in [0.2, 0.25) is 0 Å². The van der Waals surface area contributed by atoms with E-state index in [4.69, 9.17) is 14.2 Å². The van der Waals surface area contributed by atoms with Gasteiger partial charge in [0.25, 0.3) is 0 Å². The van der Waals surface area contributed by atoms with Crippen molar-refractivity contribution in [2.24, 2.45) is 5.92 Å². The molecular weight excluding hydrogens is 344 g/mol. The standard InChI is InChI=1S/C22H30O5/c1-16(13-26-14-19-9-11-20(25-3)12-10-19)21(24)22(17(2)23)27-15-18-7-5-4-6-8-18/h4-12,16-17,21-24H,13-15H2,1-3H3/t16-,17-,21-,22-/m1/s1. The average Bonchev–Trinajstić information content (AvgIpc) is 2.69. The van der Waals surface area contributed by atoms with E-state index in [0.29, 0.717) is 19.8 Å². The quantitative estimate of drug-likeness (QED) is 0.632. The molecule has 5 heteroatoms. The molecule has 148 valence electrons. The molecule has 2 rings (SSSR count). The smallest absolute Gasteiger partial charge is 0.118 e. The van der Waals surface area contributed by atoms with Gasteiger partial charge in [-0.25, -0.2) is 0 Å². The lowest BCUT2D eigenvalue weighted by molar-refractivity contribution is -0.124. The van der Waals surface area contributed by atoms with Gasteiger partial charge in [0.1, 0.15) is 11.9 Å². The van der Waals surface area contributed by atoms with E-state index in [2.05, 4.69) is 0 Å². The summed E-state index contributed by atoms with van der Waals surface area (Å²) in [5, 5.41) is 20.6. The molecule has 0 radical (unpaired) electrons. The summed E-state index contributed by atoms with van der Waals surface area (Å²) in [6, 6.07) is 17.4. The molecule has 0 unspecified atom stereocenters. The number of hydrogen-bond donors (Lipinski definition) is 2. The van der Waals surface area contributed by atoms with Crippen molar-refractivity contribution in [3.8, 4) is 5.75 Å². The van der Waals surface area contributed by atoms with Crippen molar-refractivity contribution in [2.45, 2.75) is 45.4 Å². The van der Waals surface area contributed by atoms with Gasteiger partial charge in [-0.15, -0.1) is 0 Å². The van der Waals surface area contributed by atoms with E-state index in [0.717, 1.165) is 16.9 Å². The summed E-state index contributed by atoms with van der Waals surface area (Å²) in [5.74, 6) is 0.622. The van der Waals surface area contributed by atoms with Gasteiger partial charge in [-0.05, 0) is 30.2 Å². The van der Waals surface area contributed by atoms with Crippen LogP contribution >= 0.6 is 0 Å². The van der Waals surface area contributed by atoms with E-state index < -0.39 is 18.3 Å². The largest absolute Gasteiger partial charge is 0.497 e. The van der Waals surface area contributed by atoms with Crippen molar-refractivity contribution >= 4 is 0 Å². The summed E-state index contributed by atoms with van der Waals surface area (Å²) < 4.78 is 16.7. The molecule has 5 nitrogen and oxygen atoms in total. The Kier molecular flexibility index (Phi) is 8.75. The van der Waals surface area contributed by atoms with Crippen LogP contribution in [0.15, 0.2) is 54.6 Å². The minimum atomic E-state index is -0.829. The van der Waals surface area contributed by atoms with Gasteiger partial charge in [-0.1, -0.05) is 49.4 Å². The normalized spacial score (nSPS) is 15.7. The molecule has 0 saturated carbocycles. The highest BCUT2D eigenvalue weighted by atomic mass is 16.5. The average molecular weight is 374 g/mol. The molecule has 2 aromatic carbocycles. The van der Waals surface area contributed by atoms with E-state index >= 15 is 0 Å². The third-order valence-corrected chi connectivity index (χ3v) is 4.49. The van der Waals surface area contributed by atoms with E-state index in [1.54, 1.807) is 14.0 Å². The van der Waals surface area contributed by atoms with Crippen LogP contribution in [0.3, 0.4) is 0 Å². The number of aliphatic hydroxyl groups excluding tert-OH is 2. The molecule has 0 fully saturated rings. The van der Waals surface area contributed by atoms with Gasteiger partial charge in [0.15, 0.2) is 0 Å². The molecule has 0 saturated heterocycles. The lowest BCUT2D eigenvalue weighted by Gasteiger charge is -2.30. The van der Waals surface area contributed by atoms with E-state index in [1.165, 1.54) is 0 Å². The Morgan fingerprint density at radius 3 is 2.07 bits per heavy atom. The van der Waals surface area contributed by atoms with Crippen LogP contribution < -0.4 is 4.74 Å². The molecule has 0 aromatic heterocycles. The summed E-state index contributed by atoms with van der Waals surface area (Å²) in [6.07, 6.45) is -2.29. The Hall–Kier alpha value is -1.92. The Bertz CT molecular complexity index is 642. The molecule has 0 aliphatic heterocycles. The van der Waals surface area contributed by atoms with Gasteiger partial charge in [-0.3, -0.25) is 0 Å². The van der Waals surface area contributed by atoms with Gasteiger partial charge in [-0.2, -0.15) is 0 Å². The second-order valence-electron chi connectivity index (χ2n) is 6.83. The van der Waals surface area contributed by atoms with Crippen LogP contribution in [0.4, 0.5) is 0 Å². The molecule has 4 atom stereocenters. The summed E-state index contributed by atoms with van der Waals surface area (Å²) in [6.45, 7) is 4.67. The highest BCUT2D eigenvalue weighted by Crippen LogP contribution is 2.18. The number of methoxy groups -OCH3 is 1. The molecule has 0 aliphatic rings. The number of aliphatic hydroxyl groups is 2. The molecule has 0 heterocycles. The summed E-state index contributed by atoms with van der Waals surface area (Å²) in [4.78, 5) is 0. The molecule has 2 aromatic rings. The zero-order chi connectivity index (χ0) is 19.6. The van der Waals surface area contributed by atoms with Gasteiger partial charge >= 0.3 is 0 Å². The van der Waals surface area contributed by atoms with Crippen LogP contribution in [0.1, 0.15) is 25.0 Å². The van der Waals surface area contributed by atoms with Crippen molar-refractivity contribution < 1.29 is 24.4 Å². The lowest BCUT2D eigenvalue weighted by atomic mass is 9.97. The van der Waals surface area contributed by atoms with Gasteiger partial charge in [0, 0.05) is 5.92 Å². The number of ether oxygens (including phenoxy) is 3. The first-order valence-corrected chi connectivity index (χ1v) is 9.23. The maximum atomic E-state index is 10.6. The predicted molar refractivity (Wildman–Crippen MR) is 105 cm³/mol. The Balaban J connectivity index is 1.81. The number of benzene rings is 2. The first-order valence-electron chi connectivity index (χ1n) is 9.23. The molecule has 0 bridgehead atoms. The van der Waals surface area contributed by atoms with Gasteiger partial charge in [0.2, 0.25) is 0 Å². The predicted octanol–water partition coefficient (Wildman–Crippen LogP) is 3.18. The first-order chi connectivity index (χ1) is 13.0. The summed E-state index contributed by atoms with van der Waals surface area (Å²) >= 11 is 0. The topological polar surface area (TPSA) is 68.2 Å². The molecule has 0 spiro atoms. The van der Waals surface area contributed by atoms with Crippen LogP contribution in [-0.2, 0) is 22.7 Å². The minimum absolute atomic E-state index is 0.182. The lowest BCUT2D eigenvalue weighted by Crippen LogP contribution is -2.43. The second-order valence-corrected chi connectivity index (χ2v) is 6.83. The fourth-order valence-corrected chi connectivity index (χ4v) is 2.80. The molecular formula is C22H30O5. The van der Waals surface area contributed by atoms with Crippen molar-refractivity contribution in [1.29, 1.82) is 0 Å². The van der Waals surface area contributed by atoms with Gasteiger partial charge < -0.3 is 24.4 Å². The fourth-order valence-electron chi connectivity index (χ4n) is 2.80. The van der Waals surface area contributed by atoms with Crippen molar-refractivity contribution in [3.05, 3.63) is 65.7 Å². The first kappa shape index (κ1) is 21.4. The van der Waals surface area contributed by atoms with Crippen molar-refractivity contribution in [1.82, 2.24) is 0 Å². The molecule has 0 amide bonds. The van der Waals surface area contributed by atoms with E-state index in [-0.39, 0.29) is 5.92 Å². The maximum absolute atomic E-state index is 10.6. The Morgan fingerprint density at radius 1 is 0.852 bits per heavy atom. The molecule has 2 N–H and O–H groups in total. The van der Waals surface area contributed by atoms with Crippen LogP contribution in [0.5, 0.6) is 5.75 Å². The van der Waals surface area contributed by atoms with Crippen molar-refractivity contribution in [3.63, 3.8) is 0 Å². The summed E-state index contributed by atoms with van der Waals surface area (Å²) in [5.41, 5.74) is 2.03. The zero-order valence-corrected chi connectivity index (χ0v) is 16.2. The van der Waals surface area contributed by atoms with E-state index in [9.17, 15) is 10.2 Å². The minimum Gasteiger partial charge on any atom is -0.497 e. The van der Waals surface area contributed by atoms with Crippen molar-refractivity contribution in [2.75, 3.05) is 13.7 Å². The molecule has 0 aliphatic carbocycles. The van der Waals surface area contributed by atoms with Crippen LogP contribution in [0, 0.1) is 5.92 Å². The maximum Gasteiger partial charge on any atom is 0.118 e. The number of hydrogen-bond acceptors (Lipinski definition) is 5. The van der Waals surface area contributed by atoms with E-state index in [1.807, 2.05) is 61.5 Å². The Morgan fingerprint density at radius 2 is 1.48 bits per heavy atom. The monoisotopic (exact) mass is 374 g/mol. The second kappa shape index (κ2) is 11.0.